The fourth-order valence-corrected chi connectivity index (χ4v) is 2.16. The number of anilines is 2. The summed E-state index contributed by atoms with van der Waals surface area (Å²) in [6.45, 7) is 3.67. The average Bonchev–Trinajstić information content (AvgIpc) is 2.60. The van der Waals surface area contributed by atoms with Gasteiger partial charge in [-0.15, -0.1) is 0 Å². The highest BCUT2D eigenvalue weighted by Gasteiger charge is 2.36. The fourth-order valence-electron chi connectivity index (χ4n) is 1.97. The first-order chi connectivity index (χ1) is 12.7. The van der Waals surface area contributed by atoms with Crippen molar-refractivity contribution in [2.75, 3.05) is 5.32 Å². The molecule has 1 aromatic carbocycles. The normalized spacial score (nSPS) is 11.9. The maximum Gasteiger partial charge on any atom is 0.433 e. The lowest BCUT2D eigenvalue weighted by Gasteiger charge is -2.16. The molecule has 0 fully saturated rings. The van der Waals surface area contributed by atoms with Crippen LogP contribution in [-0.2, 0) is 17.5 Å². The summed E-state index contributed by atoms with van der Waals surface area (Å²) >= 11 is 5.86. The van der Waals surface area contributed by atoms with Gasteiger partial charge in [0.15, 0.2) is 5.69 Å². The van der Waals surface area contributed by atoms with Crippen molar-refractivity contribution in [2.24, 2.45) is 0 Å². The molecule has 0 aliphatic carbocycles. The Morgan fingerprint density at radius 1 is 1.37 bits per heavy atom. The molecule has 0 saturated carbocycles. The maximum atomic E-state index is 13.3. The van der Waals surface area contributed by atoms with E-state index in [-0.39, 0.29) is 30.6 Å². The number of hydrogen-bond donors (Lipinski definition) is 3. The van der Waals surface area contributed by atoms with E-state index in [1.54, 1.807) is 24.3 Å². The first-order valence-electron chi connectivity index (χ1n) is 7.98. The lowest BCUT2D eigenvalue weighted by atomic mass is 10.2. The Hall–Kier alpha value is -2.39. The molecule has 0 aliphatic heterocycles. The number of alkyl halides is 3. The zero-order valence-electron chi connectivity index (χ0n) is 14.7. The van der Waals surface area contributed by atoms with Gasteiger partial charge >= 0.3 is 6.18 Å². The van der Waals surface area contributed by atoms with Gasteiger partial charge in [0.2, 0.25) is 5.95 Å². The van der Waals surface area contributed by atoms with Crippen molar-refractivity contribution in [2.45, 2.75) is 39.0 Å². The largest absolute Gasteiger partial charge is 0.483 e. The first-order valence-corrected chi connectivity index (χ1v) is 8.36. The van der Waals surface area contributed by atoms with Crippen LogP contribution in [0.2, 0.25) is 5.02 Å². The highest BCUT2D eigenvalue weighted by molar-refractivity contribution is 6.30. The minimum Gasteiger partial charge on any atom is -0.483 e. The van der Waals surface area contributed by atoms with Crippen LogP contribution in [0.4, 0.5) is 24.8 Å². The third-order valence-corrected chi connectivity index (χ3v) is 3.70. The molecular formula is C17H20ClF3N4O2. The van der Waals surface area contributed by atoms with E-state index in [0.29, 0.717) is 10.7 Å². The van der Waals surface area contributed by atoms with Crippen LogP contribution in [-0.4, -0.2) is 27.6 Å². The van der Waals surface area contributed by atoms with Gasteiger partial charge in [-0.25, -0.2) is 9.97 Å². The number of hydrogen-bond acceptors (Lipinski definition) is 5. The molecule has 0 saturated heterocycles. The van der Waals surface area contributed by atoms with Crippen molar-refractivity contribution in [1.82, 2.24) is 15.3 Å². The zero-order chi connectivity index (χ0) is 20.4. The number of carbonyl (C=O) groups is 1. The smallest absolute Gasteiger partial charge is 0.433 e. The minimum atomic E-state index is -4.56. The second-order valence-electron chi connectivity index (χ2n) is 5.50. The highest BCUT2D eigenvalue weighted by atomic mass is 35.5. The number of rotatable bonds is 6. The van der Waals surface area contributed by atoms with Crippen molar-refractivity contribution in [3.8, 4) is 0 Å². The van der Waals surface area contributed by atoms with Crippen molar-refractivity contribution >= 4 is 29.7 Å². The van der Waals surface area contributed by atoms with Crippen LogP contribution in [0.25, 0.3) is 0 Å². The van der Waals surface area contributed by atoms with E-state index < -0.39 is 11.9 Å². The highest BCUT2D eigenvalue weighted by Crippen LogP contribution is 2.31. The molecular weight excluding hydrogens is 385 g/mol. The van der Waals surface area contributed by atoms with Crippen LogP contribution in [0.5, 0.6) is 0 Å². The summed E-state index contributed by atoms with van der Waals surface area (Å²) in [7, 11) is 0. The number of nitrogens with one attached hydrogen (secondary N) is 2. The van der Waals surface area contributed by atoms with Gasteiger partial charge in [-0.3, -0.25) is 4.79 Å². The molecule has 1 aromatic heterocycles. The van der Waals surface area contributed by atoms with Crippen LogP contribution in [0, 0.1) is 0 Å². The van der Waals surface area contributed by atoms with Gasteiger partial charge in [0.1, 0.15) is 0 Å². The Morgan fingerprint density at radius 2 is 2.04 bits per heavy atom. The zero-order valence-corrected chi connectivity index (χ0v) is 15.5. The third-order valence-electron chi connectivity index (χ3n) is 3.47. The van der Waals surface area contributed by atoms with Gasteiger partial charge in [-0.05, 0) is 31.5 Å². The molecule has 1 heterocycles. The Kier molecular flexibility index (Phi) is 8.96. The van der Waals surface area contributed by atoms with E-state index in [0.717, 1.165) is 6.42 Å². The van der Waals surface area contributed by atoms with E-state index in [2.05, 4.69) is 20.6 Å². The molecule has 0 aliphatic rings. The van der Waals surface area contributed by atoms with Crippen LogP contribution in [0.3, 0.4) is 0 Å². The second kappa shape index (κ2) is 10.7. The van der Waals surface area contributed by atoms with Crippen molar-refractivity contribution in [1.29, 1.82) is 0 Å². The van der Waals surface area contributed by atoms with Gasteiger partial charge in [0.25, 0.3) is 6.47 Å². The standard InChI is InChI=1S/C16H18ClF3N4.CH2O2/c1-3-10(2)21-8-11-9-22-15(24-14(11)16(18,19)20)23-13-6-4-5-12(17)7-13;2-1-3/h4-7,9-10,21H,3,8H2,1-2H3,(H,22,23,24);1H,(H,2,3). The maximum absolute atomic E-state index is 13.3. The van der Waals surface area contributed by atoms with Crippen molar-refractivity contribution in [3.05, 3.63) is 46.7 Å². The molecule has 0 amide bonds. The van der Waals surface area contributed by atoms with Crippen LogP contribution >= 0.6 is 11.6 Å². The Morgan fingerprint density at radius 3 is 2.59 bits per heavy atom. The Balaban J connectivity index is 0.00000114. The van der Waals surface area contributed by atoms with Crippen LogP contribution < -0.4 is 10.6 Å². The summed E-state index contributed by atoms with van der Waals surface area (Å²) in [6, 6.07) is 6.70. The van der Waals surface area contributed by atoms with E-state index in [4.69, 9.17) is 21.5 Å². The van der Waals surface area contributed by atoms with E-state index >= 15 is 0 Å². The molecule has 3 N–H and O–H groups in total. The average molecular weight is 405 g/mol. The van der Waals surface area contributed by atoms with Crippen molar-refractivity contribution in [3.63, 3.8) is 0 Å². The molecule has 1 unspecified atom stereocenters. The minimum absolute atomic E-state index is 0.0134. The van der Waals surface area contributed by atoms with Gasteiger partial charge in [0, 0.05) is 35.1 Å². The molecule has 0 spiro atoms. The SMILES string of the molecule is CCC(C)NCc1cnc(Nc2cccc(Cl)c2)nc1C(F)(F)F.O=CO. The molecule has 10 heteroatoms. The number of carboxylic acid groups (broad SMARTS) is 1. The molecule has 2 rings (SSSR count). The monoisotopic (exact) mass is 404 g/mol. The second-order valence-corrected chi connectivity index (χ2v) is 5.93. The van der Waals surface area contributed by atoms with Crippen LogP contribution in [0.15, 0.2) is 30.5 Å². The topological polar surface area (TPSA) is 87.1 Å². The summed E-state index contributed by atoms with van der Waals surface area (Å²) in [4.78, 5) is 16.0. The first kappa shape index (κ1) is 22.7. The number of halogens is 4. The van der Waals surface area contributed by atoms with E-state index in [1.165, 1.54) is 6.20 Å². The fraction of sp³-hybridized carbons (Fsp3) is 0.353. The number of aromatic nitrogens is 2. The van der Waals surface area contributed by atoms with E-state index in [1.807, 2.05) is 13.8 Å². The predicted molar refractivity (Wildman–Crippen MR) is 97.1 cm³/mol. The summed E-state index contributed by atoms with van der Waals surface area (Å²) in [5.41, 5.74) is -0.418. The summed E-state index contributed by atoms with van der Waals surface area (Å²) < 4.78 is 39.8. The quantitative estimate of drug-likeness (QED) is 0.615. The summed E-state index contributed by atoms with van der Waals surface area (Å²) in [6.07, 6.45) is -2.55. The third kappa shape index (κ3) is 7.79. The Labute approximate surface area is 159 Å². The molecule has 0 radical (unpaired) electrons. The Bertz CT molecular complexity index is 744. The number of benzene rings is 1. The van der Waals surface area contributed by atoms with Crippen molar-refractivity contribution < 1.29 is 23.1 Å². The molecule has 1 atom stereocenters. The summed E-state index contributed by atoms with van der Waals surface area (Å²) in [5, 5.41) is 13.1. The van der Waals surface area contributed by atoms with E-state index in [9.17, 15) is 13.2 Å². The number of nitrogens with zero attached hydrogens (tertiary/aromatic N) is 2. The molecule has 148 valence electrons. The van der Waals surface area contributed by atoms with Gasteiger partial charge in [-0.1, -0.05) is 24.6 Å². The van der Waals surface area contributed by atoms with Gasteiger partial charge in [-0.2, -0.15) is 13.2 Å². The molecule has 2 aromatic rings. The van der Waals surface area contributed by atoms with Gasteiger partial charge < -0.3 is 15.7 Å². The summed E-state index contributed by atoms with van der Waals surface area (Å²) in [5.74, 6) is -0.128. The van der Waals surface area contributed by atoms with Crippen LogP contribution in [0.1, 0.15) is 31.5 Å². The van der Waals surface area contributed by atoms with Gasteiger partial charge in [0.05, 0.1) is 0 Å². The lowest BCUT2D eigenvalue weighted by Crippen LogP contribution is -2.26. The molecule has 0 bridgehead atoms. The molecule has 27 heavy (non-hydrogen) atoms. The molecule has 6 nitrogen and oxygen atoms in total. The lowest BCUT2D eigenvalue weighted by molar-refractivity contribution is -0.141. The predicted octanol–water partition coefficient (Wildman–Crippen LogP) is 4.48.